The number of nitrogens with one attached hydrogen (secondary N) is 2. The first-order valence-electron chi connectivity index (χ1n) is 10.7. The number of carbonyl (C=O) groups excluding carboxylic acids is 2. The van der Waals surface area contributed by atoms with Crippen molar-refractivity contribution in [3.63, 3.8) is 0 Å². The summed E-state index contributed by atoms with van der Waals surface area (Å²) in [6.07, 6.45) is 0. The molecule has 0 fully saturated rings. The number of para-hydroxylation sites is 1. The molecule has 0 bridgehead atoms. The maximum Gasteiger partial charge on any atom is 0.272 e. The van der Waals surface area contributed by atoms with E-state index in [1.807, 2.05) is 54.9 Å². The van der Waals surface area contributed by atoms with Gasteiger partial charge >= 0.3 is 0 Å². The molecule has 1 aliphatic rings. The van der Waals surface area contributed by atoms with Crippen LogP contribution in [0.25, 0.3) is 10.9 Å². The molecule has 2 amide bonds. The van der Waals surface area contributed by atoms with Gasteiger partial charge in [0, 0.05) is 34.9 Å². The normalized spacial score (nSPS) is 12.4. The summed E-state index contributed by atoms with van der Waals surface area (Å²) in [7, 11) is 1.87. The standard InChI is InChI=1S/C26H23N3O4/c1-16-7-9-19(27-25(30)18-8-10-23-24(14-18)33-12-11-32-23)15-20(16)28-26(31)22-13-17-5-3-4-6-21(17)29(22)2/h3-10,13-15H,11-12H2,1-2H3,(H,27,30)(H,28,31). The van der Waals surface area contributed by atoms with E-state index in [9.17, 15) is 9.59 Å². The zero-order valence-electron chi connectivity index (χ0n) is 18.3. The van der Waals surface area contributed by atoms with Gasteiger partial charge in [0.05, 0.1) is 0 Å². The van der Waals surface area contributed by atoms with Crippen LogP contribution in [-0.2, 0) is 7.05 Å². The van der Waals surface area contributed by atoms with Crippen molar-refractivity contribution in [2.24, 2.45) is 7.05 Å². The number of ether oxygens (including phenoxy) is 2. The predicted octanol–water partition coefficient (Wildman–Crippen LogP) is 4.76. The summed E-state index contributed by atoms with van der Waals surface area (Å²) in [4.78, 5) is 25.8. The largest absolute Gasteiger partial charge is 0.486 e. The molecular formula is C26H23N3O4. The molecule has 7 nitrogen and oxygen atoms in total. The Hall–Kier alpha value is -4.26. The highest BCUT2D eigenvalue weighted by molar-refractivity contribution is 6.08. The lowest BCUT2D eigenvalue weighted by Gasteiger charge is -2.18. The molecule has 0 atom stereocenters. The molecule has 5 rings (SSSR count). The molecule has 0 spiro atoms. The van der Waals surface area contributed by atoms with Crippen LogP contribution in [0.2, 0.25) is 0 Å². The highest BCUT2D eigenvalue weighted by Crippen LogP contribution is 2.31. The molecular weight excluding hydrogens is 418 g/mol. The van der Waals surface area contributed by atoms with Gasteiger partial charge in [-0.3, -0.25) is 9.59 Å². The Kier molecular flexibility index (Phi) is 5.22. The Bertz CT molecular complexity index is 1390. The van der Waals surface area contributed by atoms with Crippen molar-refractivity contribution in [2.45, 2.75) is 6.92 Å². The third kappa shape index (κ3) is 4.01. The molecule has 0 saturated carbocycles. The Labute approximate surface area is 190 Å². The summed E-state index contributed by atoms with van der Waals surface area (Å²) in [6, 6.07) is 20.2. The van der Waals surface area contributed by atoms with Gasteiger partial charge in [-0.25, -0.2) is 0 Å². The molecule has 3 aromatic carbocycles. The first kappa shape index (κ1) is 20.6. The van der Waals surface area contributed by atoms with E-state index in [2.05, 4.69) is 10.6 Å². The van der Waals surface area contributed by atoms with E-state index in [1.165, 1.54) is 0 Å². The van der Waals surface area contributed by atoms with E-state index >= 15 is 0 Å². The van der Waals surface area contributed by atoms with Gasteiger partial charge in [0.15, 0.2) is 11.5 Å². The fraction of sp³-hybridized carbons (Fsp3) is 0.154. The quantitative estimate of drug-likeness (QED) is 0.478. The summed E-state index contributed by atoms with van der Waals surface area (Å²) >= 11 is 0. The van der Waals surface area contributed by atoms with Crippen molar-refractivity contribution < 1.29 is 19.1 Å². The maximum atomic E-state index is 13.0. The number of fused-ring (bicyclic) bond motifs is 2. The van der Waals surface area contributed by atoms with Gasteiger partial charge in [-0.15, -0.1) is 0 Å². The second-order valence-corrected chi connectivity index (χ2v) is 7.94. The van der Waals surface area contributed by atoms with Crippen LogP contribution < -0.4 is 20.1 Å². The number of rotatable bonds is 4. The third-order valence-electron chi connectivity index (χ3n) is 5.73. The van der Waals surface area contributed by atoms with Crippen LogP contribution in [0.1, 0.15) is 26.4 Å². The Morgan fingerprint density at radius 3 is 2.45 bits per heavy atom. The van der Waals surface area contributed by atoms with Crippen LogP contribution in [0.15, 0.2) is 66.7 Å². The van der Waals surface area contributed by atoms with Crippen LogP contribution in [0.3, 0.4) is 0 Å². The lowest BCUT2D eigenvalue weighted by atomic mass is 10.1. The van der Waals surface area contributed by atoms with Crippen molar-refractivity contribution in [2.75, 3.05) is 23.8 Å². The third-order valence-corrected chi connectivity index (χ3v) is 5.73. The lowest BCUT2D eigenvalue weighted by Crippen LogP contribution is -2.18. The molecule has 166 valence electrons. The van der Waals surface area contributed by atoms with E-state index < -0.39 is 0 Å². The summed E-state index contributed by atoms with van der Waals surface area (Å²) in [5.74, 6) is 0.695. The molecule has 2 N–H and O–H groups in total. The number of aromatic nitrogens is 1. The minimum absolute atomic E-state index is 0.216. The van der Waals surface area contributed by atoms with Crippen LogP contribution >= 0.6 is 0 Å². The number of hydrogen-bond donors (Lipinski definition) is 2. The summed E-state index contributed by atoms with van der Waals surface area (Å²) < 4.78 is 12.9. The van der Waals surface area contributed by atoms with E-state index in [-0.39, 0.29) is 11.8 Å². The molecule has 1 aliphatic heterocycles. The Morgan fingerprint density at radius 2 is 1.64 bits per heavy atom. The van der Waals surface area contributed by atoms with Gasteiger partial charge in [0.2, 0.25) is 0 Å². The number of anilines is 2. The summed E-state index contributed by atoms with van der Waals surface area (Å²) in [6.45, 7) is 2.86. The number of aryl methyl sites for hydroxylation is 2. The second kappa shape index (κ2) is 8.35. The van der Waals surface area contributed by atoms with E-state index in [4.69, 9.17) is 9.47 Å². The molecule has 4 aromatic rings. The average Bonchev–Trinajstić information content (AvgIpc) is 3.17. The zero-order chi connectivity index (χ0) is 22.9. The molecule has 2 heterocycles. The molecule has 0 saturated heterocycles. The Balaban J connectivity index is 1.35. The van der Waals surface area contributed by atoms with Crippen molar-refractivity contribution in [1.29, 1.82) is 0 Å². The van der Waals surface area contributed by atoms with Crippen molar-refractivity contribution >= 4 is 34.1 Å². The second-order valence-electron chi connectivity index (χ2n) is 7.94. The molecule has 7 heteroatoms. The van der Waals surface area contributed by atoms with Crippen LogP contribution in [0, 0.1) is 6.92 Å². The van der Waals surface area contributed by atoms with Crippen LogP contribution in [0.4, 0.5) is 11.4 Å². The number of nitrogens with zero attached hydrogens (tertiary/aromatic N) is 1. The number of carbonyl (C=O) groups is 2. The monoisotopic (exact) mass is 441 g/mol. The molecule has 33 heavy (non-hydrogen) atoms. The maximum absolute atomic E-state index is 13.0. The van der Waals surface area contributed by atoms with Crippen LogP contribution in [-0.4, -0.2) is 29.6 Å². The van der Waals surface area contributed by atoms with Crippen molar-refractivity contribution in [3.05, 3.63) is 83.6 Å². The first-order valence-corrected chi connectivity index (χ1v) is 10.7. The predicted molar refractivity (Wildman–Crippen MR) is 127 cm³/mol. The average molecular weight is 441 g/mol. The summed E-state index contributed by atoms with van der Waals surface area (Å²) in [5.41, 5.74) is 4.10. The van der Waals surface area contributed by atoms with Gasteiger partial charge in [-0.1, -0.05) is 24.3 Å². The topological polar surface area (TPSA) is 81.6 Å². The fourth-order valence-corrected chi connectivity index (χ4v) is 3.92. The highest BCUT2D eigenvalue weighted by Gasteiger charge is 2.17. The van der Waals surface area contributed by atoms with Gasteiger partial charge in [-0.2, -0.15) is 0 Å². The van der Waals surface area contributed by atoms with E-state index in [0.717, 1.165) is 16.5 Å². The number of amides is 2. The molecule has 1 aromatic heterocycles. The van der Waals surface area contributed by atoms with Gasteiger partial charge < -0.3 is 24.7 Å². The van der Waals surface area contributed by atoms with Gasteiger partial charge in [-0.05, 0) is 55.0 Å². The van der Waals surface area contributed by atoms with Gasteiger partial charge in [0.1, 0.15) is 18.9 Å². The van der Waals surface area contributed by atoms with E-state index in [1.54, 1.807) is 30.3 Å². The smallest absolute Gasteiger partial charge is 0.272 e. The minimum Gasteiger partial charge on any atom is -0.486 e. The zero-order valence-corrected chi connectivity index (χ0v) is 18.3. The van der Waals surface area contributed by atoms with Crippen LogP contribution in [0.5, 0.6) is 11.5 Å². The lowest BCUT2D eigenvalue weighted by molar-refractivity contribution is 0.101. The minimum atomic E-state index is -0.276. The summed E-state index contributed by atoms with van der Waals surface area (Å²) in [5, 5.41) is 6.86. The SMILES string of the molecule is Cc1ccc(NC(=O)c2ccc3c(c2)OCCO3)cc1NC(=O)c1cc2ccccc2n1C. The van der Waals surface area contributed by atoms with Gasteiger partial charge in [0.25, 0.3) is 11.8 Å². The molecule has 0 aliphatic carbocycles. The highest BCUT2D eigenvalue weighted by atomic mass is 16.6. The molecule has 0 unspecified atom stereocenters. The number of hydrogen-bond acceptors (Lipinski definition) is 4. The fourth-order valence-electron chi connectivity index (χ4n) is 3.92. The first-order chi connectivity index (χ1) is 16.0. The van der Waals surface area contributed by atoms with Crippen molar-refractivity contribution in [1.82, 2.24) is 4.57 Å². The van der Waals surface area contributed by atoms with E-state index in [0.29, 0.717) is 47.3 Å². The Morgan fingerprint density at radius 1 is 0.848 bits per heavy atom. The molecule has 0 radical (unpaired) electrons. The number of benzene rings is 3. The van der Waals surface area contributed by atoms with Crippen molar-refractivity contribution in [3.8, 4) is 11.5 Å².